The zero-order valence-corrected chi connectivity index (χ0v) is 14.4. The number of carbonyl (C=O) groups excluding carboxylic acids is 1. The van der Waals surface area contributed by atoms with Crippen molar-refractivity contribution in [3.8, 4) is 0 Å². The van der Waals surface area contributed by atoms with Crippen molar-refractivity contribution in [3.05, 3.63) is 64.2 Å². The van der Waals surface area contributed by atoms with Crippen molar-refractivity contribution < 1.29 is 26.9 Å². The molecular weight excluding hydrogens is 386 g/mol. The van der Waals surface area contributed by atoms with Crippen molar-refractivity contribution in [2.75, 3.05) is 18.4 Å². The molecule has 144 valence electrons. The van der Waals surface area contributed by atoms with Crippen LogP contribution in [0.15, 0.2) is 47.4 Å². The number of urea groups is 1. The van der Waals surface area contributed by atoms with Crippen molar-refractivity contribution in [2.45, 2.75) is 4.90 Å². The van der Waals surface area contributed by atoms with Gasteiger partial charge in [0.2, 0.25) is 10.0 Å². The van der Waals surface area contributed by atoms with Crippen LogP contribution in [0.3, 0.4) is 0 Å². The molecule has 3 N–H and O–H groups in total. The average molecular weight is 400 g/mol. The largest absolute Gasteiger partial charge is 0.337 e. The lowest BCUT2D eigenvalue weighted by Crippen LogP contribution is -2.36. The van der Waals surface area contributed by atoms with Gasteiger partial charge in [-0.2, -0.15) is 0 Å². The van der Waals surface area contributed by atoms with Crippen LogP contribution in [0.2, 0.25) is 0 Å². The number of anilines is 1. The van der Waals surface area contributed by atoms with E-state index < -0.39 is 32.6 Å². The first-order valence-corrected chi connectivity index (χ1v) is 8.91. The van der Waals surface area contributed by atoms with Gasteiger partial charge in [-0.15, -0.1) is 0 Å². The van der Waals surface area contributed by atoms with Gasteiger partial charge in [0.15, 0.2) is 0 Å². The van der Waals surface area contributed by atoms with E-state index in [1.807, 2.05) is 0 Å². The lowest BCUT2D eigenvalue weighted by molar-refractivity contribution is -0.385. The molecule has 0 bridgehead atoms. The highest BCUT2D eigenvalue weighted by molar-refractivity contribution is 7.89. The molecule has 0 aliphatic rings. The molecule has 0 aliphatic heterocycles. The predicted octanol–water partition coefficient (Wildman–Crippen LogP) is 1.97. The summed E-state index contributed by atoms with van der Waals surface area (Å²) >= 11 is 0. The molecule has 0 aromatic heterocycles. The van der Waals surface area contributed by atoms with Crippen molar-refractivity contribution in [1.82, 2.24) is 10.0 Å². The van der Waals surface area contributed by atoms with E-state index in [0.29, 0.717) is 6.07 Å². The molecule has 0 spiro atoms. The number of amides is 2. The number of benzene rings is 2. The maximum atomic E-state index is 13.4. The Bertz CT molecular complexity index is 968. The minimum absolute atomic E-state index is 0.150. The molecule has 0 unspecified atom stereocenters. The second kappa shape index (κ2) is 8.51. The van der Waals surface area contributed by atoms with Gasteiger partial charge in [-0.3, -0.25) is 10.1 Å². The zero-order chi connectivity index (χ0) is 20.0. The number of hydrogen-bond acceptors (Lipinski definition) is 5. The third kappa shape index (κ3) is 5.69. The van der Waals surface area contributed by atoms with Crippen LogP contribution in [0.5, 0.6) is 0 Å². The predicted molar refractivity (Wildman–Crippen MR) is 91.7 cm³/mol. The number of nitrogens with zero attached hydrogens (tertiary/aromatic N) is 1. The van der Waals surface area contributed by atoms with E-state index in [0.717, 1.165) is 24.3 Å². The number of rotatable bonds is 7. The van der Waals surface area contributed by atoms with E-state index in [4.69, 9.17) is 0 Å². The van der Waals surface area contributed by atoms with Gasteiger partial charge in [0.25, 0.3) is 5.69 Å². The van der Waals surface area contributed by atoms with Gasteiger partial charge in [-0.25, -0.2) is 26.7 Å². The Hall–Kier alpha value is -3.12. The molecule has 27 heavy (non-hydrogen) atoms. The van der Waals surface area contributed by atoms with E-state index in [9.17, 15) is 32.1 Å². The quantitative estimate of drug-likeness (QED) is 0.372. The van der Waals surface area contributed by atoms with Gasteiger partial charge in [0.1, 0.15) is 11.6 Å². The number of non-ortho nitro benzene ring substituents is 1. The highest BCUT2D eigenvalue weighted by atomic mass is 32.2. The molecule has 0 atom stereocenters. The van der Waals surface area contributed by atoms with Crippen LogP contribution in [-0.2, 0) is 10.0 Å². The van der Waals surface area contributed by atoms with E-state index in [1.54, 1.807) is 0 Å². The van der Waals surface area contributed by atoms with Crippen molar-refractivity contribution in [1.29, 1.82) is 0 Å². The van der Waals surface area contributed by atoms with E-state index in [-0.39, 0.29) is 29.4 Å². The highest BCUT2D eigenvalue weighted by Gasteiger charge is 2.17. The van der Waals surface area contributed by atoms with Crippen LogP contribution in [0.4, 0.5) is 25.0 Å². The summed E-state index contributed by atoms with van der Waals surface area (Å²) in [5, 5.41) is 15.1. The molecule has 0 heterocycles. The SMILES string of the molecule is O=C(NCCNS(=O)(=O)c1cccc([N+](=O)[O-])c1)Nc1ccc(F)cc1F. The molecule has 2 aromatic rings. The van der Waals surface area contributed by atoms with Crippen LogP contribution in [-0.4, -0.2) is 32.5 Å². The minimum Gasteiger partial charge on any atom is -0.337 e. The normalized spacial score (nSPS) is 11.0. The molecule has 2 amide bonds. The second-order valence-corrected chi connectivity index (χ2v) is 6.92. The molecule has 2 aromatic carbocycles. The molecule has 0 aliphatic carbocycles. The maximum absolute atomic E-state index is 13.4. The monoisotopic (exact) mass is 400 g/mol. The minimum atomic E-state index is -4.01. The van der Waals surface area contributed by atoms with Crippen molar-refractivity contribution in [3.63, 3.8) is 0 Å². The molecule has 0 fully saturated rings. The molecule has 9 nitrogen and oxygen atoms in total. The summed E-state index contributed by atoms with van der Waals surface area (Å²) in [6.07, 6.45) is 0. The summed E-state index contributed by atoms with van der Waals surface area (Å²) in [5.41, 5.74) is -0.622. The fourth-order valence-electron chi connectivity index (χ4n) is 1.97. The third-order valence-corrected chi connectivity index (χ3v) is 4.68. The number of nitro groups is 1. The van der Waals surface area contributed by atoms with Crippen LogP contribution in [0.25, 0.3) is 0 Å². The lowest BCUT2D eigenvalue weighted by atomic mass is 10.3. The highest BCUT2D eigenvalue weighted by Crippen LogP contribution is 2.17. The third-order valence-electron chi connectivity index (χ3n) is 3.22. The molecule has 0 saturated carbocycles. The summed E-state index contributed by atoms with van der Waals surface area (Å²) in [6.45, 7) is -0.368. The van der Waals surface area contributed by atoms with Gasteiger partial charge >= 0.3 is 6.03 Å². The van der Waals surface area contributed by atoms with Gasteiger partial charge in [0, 0.05) is 31.3 Å². The van der Waals surface area contributed by atoms with Gasteiger partial charge in [0.05, 0.1) is 15.5 Å². The standard InChI is InChI=1S/C15H14F2N4O5S/c16-10-4-5-14(13(17)8-10)20-15(22)18-6-7-19-27(25,26)12-3-1-2-11(9-12)21(23)24/h1-5,8-9,19H,6-7H2,(H2,18,20,22). The summed E-state index contributed by atoms with van der Waals surface area (Å²) < 4.78 is 52.5. The van der Waals surface area contributed by atoms with Gasteiger partial charge in [-0.1, -0.05) is 6.07 Å². The Kier molecular flexibility index (Phi) is 6.36. The molecule has 12 heteroatoms. The molecular formula is C15H14F2N4O5S. The van der Waals surface area contributed by atoms with Crippen molar-refractivity contribution >= 4 is 27.4 Å². The van der Waals surface area contributed by atoms with E-state index in [2.05, 4.69) is 15.4 Å². The van der Waals surface area contributed by atoms with E-state index >= 15 is 0 Å². The molecule has 0 saturated heterocycles. The van der Waals surface area contributed by atoms with Crippen LogP contribution >= 0.6 is 0 Å². The summed E-state index contributed by atoms with van der Waals surface area (Å²) in [6, 6.07) is 6.25. The van der Waals surface area contributed by atoms with Crippen LogP contribution < -0.4 is 15.4 Å². The Morgan fingerprint density at radius 1 is 1.11 bits per heavy atom. The molecule has 0 radical (unpaired) electrons. The Morgan fingerprint density at radius 2 is 1.85 bits per heavy atom. The van der Waals surface area contributed by atoms with Gasteiger partial charge < -0.3 is 10.6 Å². The Balaban J connectivity index is 1.85. The maximum Gasteiger partial charge on any atom is 0.319 e. The number of hydrogen-bond donors (Lipinski definition) is 3. The summed E-state index contributed by atoms with van der Waals surface area (Å²) in [5.74, 6) is -1.76. The number of nitrogens with one attached hydrogen (secondary N) is 3. The fourth-order valence-corrected chi connectivity index (χ4v) is 3.04. The number of nitro benzene ring substituents is 1. The first-order valence-electron chi connectivity index (χ1n) is 7.43. The Labute approximate surface area is 152 Å². The van der Waals surface area contributed by atoms with Crippen molar-refractivity contribution in [2.24, 2.45) is 0 Å². The number of halogens is 2. The summed E-state index contributed by atoms with van der Waals surface area (Å²) in [4.78, 5) is 21.3. The number of sulfonamides is 1. The second-order valence-electron chi connectivity index (χ2n) is 5.16. The van der Waals surface area contributed by atoms with Crippen LogP contribution in [0, 0.1) is 21.7 Å². The van der Waals surface area contributed by atoms with Gasteiger partial charge in [-0.05, 0) is 18.2 Å². The first kappa shape index (κ1) is 20.2. The lowest BCUT2D eigenvalue weighted by Gasteiger charge is -2.10. The average Bonchev–Trinajstić information content (AvgIpc) is 2.61. The van der Waals surface area contributed by atoms with E-state index in [1.165, 1.54) is 12.1 Å². The fraction of sp³-hybridized carbons (Fsp3) is 0.133. The summed E-state index contributed by atoms with van der Waals surface area (Å²) in [7, 11) is -4.01. The smallest absolute Gasteiger partial charge is 0.319 e. The number of carbonyl (C=O) groups is 1. The Morgan fingerprint density at radius 3 is 2.52 bits per heavy atom. The first-order chi connectivity index (χ1) is 12.7. The zero-order valence-electron chi connectivity index (χ0n) is 13.6. The van der Waals surface area contributed by atoms with Crippen LogP contribution in [0.1, 0.15) is 0 Å². The topological polar surface area (TPSA) is 130 Å². The molecule has 2 rings (SSSR count).